The minimum absolute atomic E-state index is 0. The maximum Gasteiger partial charge on any atom is 0.418 e. The monoisotopic (exact) mass is 688 g/mol. The number of methoxy groups -OCH3 is 2. The number of nitrogens with two attached hydrogens (primary N) is 1. The molecular formula is C33H36ClF3N6O5. The maximum absolute atomic E-state index is 14.1. The molecule has 5 rings (SSSR count). The van der Waals surface area contributed by atoms with Gasteiger partial charge in [-0.15, -0.1) is 12.4 Å². The number of piperidine rings is 1. The molecule has 0 bridgehead atoms. The fourth-order valence-corrected chi connectivity index (χ4v) is 5.31. The van der Waals surface area contributed by atoms with Gasteiger partial charge in [0.2, 0.25) is 5.91 Å². The molecular weight excluding hydrogens is 653 g/mol. The van der Waals surface area contributed by atoms with E-state index in [-0.39, 0.29) is 35.7 Å². The number of carbonyl (C=O) groups excluding carboxylic acids is 2. The number of benzene rings is 3. The Labute approximate surface area is 281 Å². The van der Waals surface area contributed by atoms with E-state index in [1.54, 1.807) is 60.5 Å². The molecule has 3 amide bonds. The van der Waals surface area contributed by atoms with E-state index in [2.05, 4.69) is 20.9 Å². The molecule has 1 fully saturated rings. The number of carbonyl (C=O) groups is 2. The lowest BCUT2D eigenvalue weighted by atomic mass is 10.0. The molecule has 5 N–H and O–H groups in total. The summed E-state index contributed by atoms with van der Waals surface area (Å²) in [5.74, 6) is 1.60. The molecule has 0 unspecified atom stereocenters. The Balaban J connectivity index is 0.00000520. The summed E-state index contributed by atoms with van der Waals surface area (Å²) < 4.78 is 59.3. The van der Waals surface area contributed by atoms with Gasteiger partial charge in [0, 0.05) is 59.9 Å². The second-order valence-corrected chi connectivity index (χ2v) is 11.0. The lowest BCUT2D eigenvalue weighted by Gasteiger charge is -2.35. The number of fused-ring (bicyclic) bond motifs is 1. The molecule has 0 radical (unpaired) electrons. The quantitative estimate of drug-likeness (QED) is 0.155. The van der Waals surface area contributed by atoms with Crippen LogP contribution in [-0.4, -0.2) is 56.3 Å². The van der Waals surface area contributed by atoms with Gasteiger partial charge in [0.1, 0.15) is 11.5 Å². The molecule has 0 aliphatic carbocycles. The molecule has 11 nitrogen and oxygen atoms in total. The van der Waals surface area contributed by atoms with Crippen LogP contribution in [0.3, 0.4) is 0 Å². The maximum atomic E-state index is 14.1. The van der Waals surface area contributed by atoms with Gasteiger partial charge in [0.15, 0.2) is 11.5 Å². The largest absolute Gasteiger partial charge is 0.493 e. The number of nitrogens with one attached hydrogen (secondary N) is 3. The summed E-state index contributed by atoms with van der Waals surface area (Å²) in [4.78, 5) is 30.7. The highest BCUT2D eigenvalue weighted by molar-refractivity contribution is 6.00. The van der Waals surface area contributed by atoms with Crippen LogP contribution in [0.1, 0.15) is 25.3 Å². The lowest BCUT2D eigenvalue weighted by molar-refractivity contribution is -0.137. The van der Waals surface area contributed by atoms with Crippen LogP contribution in [0, 0.1) is 0 Å². The number of nitrogens with zero attached hydrogens (tertiary/aromatic N) is 2. The molecule has 1 aromatic heterocycles. The minimum Gasteiger partial charge on any atom is -0.493 e. The van der Waals surface area contributed by atoms with E-state index in [1.165, 1.54) is 26.4 Å². The third kappa shape index (κ3) is 8.49. The smallest absolute Gasteiger partial charge is 0.418 e. The van der Waals surface area contributed by atoms with Crippen molar-refractivity contribution >= 4 is 52.3 Å². The van der Waals surface area contributed by atoms with Gasteiger partial charge in [-0.2, -0.15) is 13.2 Å². The zero-order valence-corrected chi connectivity index (χ0v) is 27.2. The van der Waals surface area contributed by atoms with E-state index in [1.807, 2.05) is 0 Å². The number of hydrogen-bond acceptors (Lipinski definition) is 8. The second-order valence-electron chi connectivity index (χ2n) is 11.0. The Morgan fingerprint density at radius 1 is 0.938 bits per heavy atom. The topological polar surface area (TPSA) is 140 Å². The number of rotatable bonds is 9. The second kappa shape index (κ2) is 15.3. The Bertz CT molecular complexity index is 1770. The SMILES string of the molecule is COc1cc2nccc(Oc3cccc(NC(=O)Nc4ccc(N5CCC(NC(=O)[C@H](C)N)CC5)c(C(F)(F)F)c4)c3)c2cc1OC.Cl. The van der Waals surface area contributed by atoms with E-state index in [0.29, 0.717) is 65.5 Å². The highest BCUT2D eigenvalue weighted by Gasteiger charge is 2.36. The van der Waals surface area contributed by atoms with Crippen LogP contribution in [0.15, 0.2) is 66.9 Å². The van der Waals surface area contributed by atoms with Gasteiger partial charge in [-0.3, -0.25) is 9.78 Å². The number of urea groups is 1. The zero-order valence-electron chi connectivity index (χ0n) is 26.4. The minimum atomic E-state index is -4.67. The summed E-state index contributed by atoms with van der Waals surface area (Å²) in [6, 6.07) is 13.8. The van der Waals surface area contributed by atoms with Crippen LogP contribution >= 0.6 is 12.4 Å². The van der Waals surface area contributed by atoms with Crippen molar-refractivity contribution in [2.24, 2.45) is 5.73 Å². The molecule has 0 spiro atoms. The number of hydrogen-bond donors (Lipinski definition) is 4. The van der Waals surface area contributed by atoms with Crippen LogP contribution < -0.4 is 40.8 Å². The summed E-state index contributed by atoms with van der Waals surface area (Å²) >= 11 is 0. The van der Waals surface area contributed by atoms with Crippen molar-refractivity contribution in [1.82, 2.24) is 10.3 Å². The Morgan fingerprint density at radius 3 is 2.25 bits per heavy atom. The summed E-state index contributed by atoms with van der Waals surface area (Å²) in [6.45, 7) is 2.20. The summed E-state index contributed by atoms with van der Waals surface area (Å²) in [6.07, 6.45) is -2.13. The van der Waals surface area contributed by atoms with Gasteiger partial charge in [-0.25, -0.2) is 4.79 Å². The van der Waals surface area contributed by atoms with E-state index in [4.69, 9.17) is 19.9 Å². The fraction of sp³-hybridized carbons (Fsp3) is 0.303. The Kier molecular flexibility index (Phi) is 11.4. The fourth-order valence-electron chi connectivity index (χ4n) is 5.31. The van der Waals surface area contributed by atoms with Crippen molar-refractivity contribution in [3.63, 3.8) is 0 Å². The number of pyridine rings is 1. The molecule has 1 saturated heterocycles. The van der Waals surface area contributed by atoms with Gasteiger partial charge in [0.25, 0.3) is 0 Å². The molecule has 4 aromatic rings. The number of amides is 3. The Hall–Kier alpha value is -4.95. The van der Waals surface area contributed by atoms with Gasteiger partial charge in [0.05, 0.1) is 31.3 Å². The van der Waals surface area contributed by atoms with Crippen molar-refractivity contribution < 1.29 is 37.0 Å². The van der Waals surface area contributed by atoms with Crippen LogP contribution in [0.25, 0.3) is 10.9 Å². The van der Waals surface area contributed by atoms with E-state index >= 15 is 0 Å². The van der Waals surface area contributed by atoms with Crippen molar-refractivity contribution in [1.29, 1.82) is 0 Å². The summed E-state index contributed by atoms with van der Waals surface area (Å²) in [7, 11) is 3.06. The molecule has 15 heteroatoms. The van der Waals surface area contributed by atoms with Crippen molar-refractivity contribution in [3.8, 4) is 23.0 Å². The number of anilines is 3. The zero-order chi connectivity index (χ0) is 33.7. The van der Waals surface area contributed by atoms with E-state index < -0.39 is 23.8 Å². The molecule has 3 aromatic carbocycles. The first-order valence-electron chi connectivity index (χ1n) is 14.8. The van der Waals surface area contributed by atoms with Crippen molar-refractivity contribution in [2.45, 2.75) is 38.0 Å². The van der Waals surface area contributed by atoms with Crippen LogP contribution in [0.2, 0.25) is 0 Å². The van der Waals surface area contributed by atoms with Crippen LogP contribution in [0.4, 0.5) is 35.0 Å². The third-order valence-corrected chi connectivity index (χ3v) is 7.68. The molecule has 2 heterocycles. The average molecular weight is 689 g/mol. The van der Waals surface area contributed by atoms with Crippen LogP contribution in [-0.2, 0) is 11.0 Å². The standard InChI is InChI=1S/C33H35F3N6O5.ClH/c1-19(37)31(43)39-20-10-13-42(14-11-20)27-8-7-22(16-25(27)33(34,35)36)41-32(44)40-21-5-4-6-23(15-21)47-28-9-12-38-26-18-30(46-3)29(45-2)17-24(26)28;/h4-9,12,15-20H,10-11,13-14,37H2,1-3H3,(H,39,43)(H2,40,41,44);1H/t19-;/m0./s1. The first-order valence-corrected chi connectivity index (χ1v) is 14.8. The predicted octanol–water partition coefficient (Wildman–Crippen LogP) is 6.56. The van der Waals surface area contributed by atoms with Gasteiger partial charge in [-0.1, -0.05) is 6.07 Å². The first-order chi connectivity index (χ1) is 22.4. The number of alkyl halides is 3. The molecule has 1 atom stereocenters. The van der Waals surface area contributed by atoms with Gasteiger partial charge >= 0.3 is 12.2 Å². The lowest BCUT2D eigenvalue weighted by Crippen LogP contribution is -2.49. The molecule has 1 aliphatic rings. The molecule has 0 saturated carbocycles. The average Bonchev–Trinajstić information content (AvgIpc) is 3.04. The highest BCUT2D eigenvalue weighted by atomic mass is 35.5. The first kappa shape index (κ1) is 35.9. The van der Waals surface area contributed by atoms with E-state index in [0.717, 1.165) is 6.07 Å². The highest BCUT2D eigenvalue weighted by Crippen LogP contribution is 2.40. The number of ether oxygens (including phenoxy) is 3. The van der Waals surface area contributed by atoms with Gasteiger partial charge in [-0.05, 0) is 62.2 Å². The third-order valence-electron chi connectivity index (χ3n) is 7.68. The Morgan fingerprint density at radius 2 is 1.60 bits per heavy atom. The van der Waals surface area contributed by atoms with Crippen molar-refractivity contribution in [2.75, 3.05) is 42.8 Å². The number of halogens is 4. The van der Waals surface area contributed by atoms with Crippen LogP contribution in [0.5, 0.6) is 23.0 Å². The molecule has 1 aliphatic heterocycles. The summed E-state index contributed by atoms with van der Waals surface area (Å²) in [5.41, 5.74) is 5.67. The summed E-state index contributed by atoms with van der Waals surface area (Å²) in [5, 5.41) is 8.62. The number of aromatic nitrogens is 1. The van der Waals surface area contributed by atoms with E-state index in [9.17, 15) is 22.8 Å². The normalized spacial score (nSPS) is 14.0. The van der Waals surface area contributed by atoms with Gasteiger partial charge < -0.3 is 40.8 Å². The predicted molar refractivity (Wildman–Crippen MR) is 180 cm³/mol. The molecule has 256 valence electrons. The van der Waals surface area contributed by atoms with Crippen molar-refractivity contribution in [3.05, 3.63) is 72.4 Å². The molecule has 48 heavy (non-hydrogen) atoms.